The van der Waals surface area contributed by atoms with Gasteiger partial charge in [0.05, 0.1) is 22.8 Å². The summed E-state index contributed by atoms with van der Waals surface area (Å²) in [6.07, 6.45) is 4.85. The quantitative estimate of drug-likeness (QED) is 0.247. The summed E-state index contributed by atoms with van der Waals surface area (Å²) in [5.41, 5.74) is 8.09. The number of carboxylic acids is 1. The number of carbonyl (C=O) groups excluding carboxylic acids is 1. The fraction of sp³-hybridized carbons (Fsp3) is 0.0323. The zero-order valence-corrected chi connectivity index (χ0v) is 21.3. The number of carboxylic acid groups (broad SMARTS) is 1. The Labute approximate surface area is 229 Å². The highest BCUT2D eigenvalue weighted by Gasteiger charge is 2.26. The number of hydrogen-bond acceptors (Lipinski definition) is 4. The second kappa shape index (κ2) is 10.0. The molecule has 6 rings (SSSR count). The molecule has 8 heteroatoms. The largest absolute Gasteiger partial charge is 0.481 e. The van der Waals surface area contributed by atoms with E-state index >= 15 is 0 Å². The average molecular weight is 533 g/mol. The summed E-state index contributed by atoms with van der Waals surface area (Å²) in [5.74, 6) is -1.13. The van der Waals surface area contributed by atoms with Crippen molar-refractivity contribution in [2.75, 3.05) is 5.32 Å². The molecule has 0 saturated heterocycles. The van der Waals surface area contributed by atoms with Gasteiger partial charge in [0.2, 0.25) is 0 Å². The van der Waals surface area contributed by atoms with E-state index in [1.54, 1.807) is 41.4 Å². The van der Waals surface area contributed by atoms with E-state index in [9.17, 15) is 9.59 Å². The third-order valence-electron chi connectivity index (χ3n) is 6.59. The third kappa shape index (κ3) is 4.95. The van der Waals surface area contributed by atoms with Gasteiger partial charge in [0.25, 0.3) is 5.91 Å². The van der Waals surface area contributed by atoms with Crippen LogP contribution in [0.2, 0.25) is 5.02 Å². The summed E-state index contributed by atoms with van der Waals surface area (Å²) >= 11 is 6.65. The highest BCUT2D eigenvalue weighted by Crippen LogP contribution is 2.41. The van der Waals surface area contributed by atoms with E-state index in [1.807, 2.05) is 60.7 Å². The lowest BCUT2D eigenvalue weighted by molar-refractivity contribution is -0.136. The molecule has 1 aromatic heterocycles. The third-order valence-corrected chi connectivity index (χ3v) is 6.90. The Morgan fingerprint density at radius 1 is 0.923 bits per heavy atom. The molecule has 2 heterocycles. The number of amides is 1. The van der Waals surface area contributed by atoms with Crippen molar-refractivity contribution in [1.29, 1.82) is 0 Å². The molecule has 1 aliphatic rings. The number of nitrogens with one attached hydrogen (secondary N) is 1. The summed E-state index contributed by atoms with van der Waals surface area (Å²) in [5, 5.41) is 16.7. The maximum atomic E-state index is 12.8. The van der Waals surface area contributed by atoms with Crippen molar-refractivity contribution < 1.29 is 14.7 Å². The van der Waals surface area contributed by atoms with E-state index in [-0.39, 0.29) is 12.3 Å². The van der Waals surface area contributed by atoms with Crippen molar-refractivity contribution in [2.45, 2.75) is 6.42 Å². The first-order chi connectivity index (χ1) is 18.9. The molecule has 1 aliphatic heterocycles. The smallest absolute Gasteiger partial charge is 0.307 e. The van der Waals surface area contributed by atoms with E-state index in [2.05, 4.69) is 15.4 Å². The minimum Gasteiger partial charge on any atom is -0.481 e. The van der Waals surface area contributed by atoms with Crippen molar-refractivity contribution in [3.63, 3.8) is 0 Å². The number of aromatic nitrogens is 3. The van der Waals surface area contributed by atoms with E-state index in [1.165, 1.54) is 6.33 Å². The number of fused-ring (bicyclic) bond motifs is 1. The van der Waals surface area contributed by atoms with Crippen LogP contribution < -0.4 is 5.32 Å². The molecule has 5 aromatic rings. The molecule has 0 radical (unpaired) electrons. The number of nitrogens with zero attached hydrogens (tertiary/aromatic N) is 3. The van der Waals surface area contributed by atoms with Crippen LogP contribution in [0.25, 0.3) is 39.6 Å². The maximum Gasteiger partial charge on any atom is 0.307 e. The first-order valence-electron chi connectivity index (χ1n) is 12.2. The Morgan fingerprint density at radius 3 is 2.33 bits per heavy atom. The molecule has 7 nitrogen and oxygen atoms in total. The van der Waals surface area contributed by atoms with Crippen molar-refractivity contribution in [1.82, 2.24) is 14.8 Å². The van der Waals surface area contributed by atoms with Crippen LogP contribution in [0.3, 0.4) is 0 Å². The van der Waals surface area contributed by atoms with E-state index in [4.69, 9.17) is 16.7 Å². The van der Waals surface area contributed by atoms with Gasteiger partial charge < -0.3 is 10.4 Å². The second-order valence-electron chi connectivity index (χ2n) is 9.17. The highest BCUT2D eigenvalue weighted by atomic mass is 35.5. The Hall–Kier alpha value is -5.01. The van der Waals surface area contributed by atoms with Gasteiger partial charge in [-0.15, -0.1) is 0 Å². The lowest BCUT2D eigenvalue weighted by Gasteiger charge is -2.10. The van der Waals surface area contributed by atoms with Crippen LogP contribution in [0.4, 0.5) is 5.69 Å². The fourth-order valence-electron chi connectivity index (χ4n) is 4.70. The van der Waals surface area contributed by atoms with Crippen molar-refractivity contribution in [3.8, 4) is 27.9 Å². The Kier molecular flexibility index (Phi) is 6.26. The Balaban J connectivity index is 1.30. The molecule has 0 unspecified atom stereocenters. The molecule has 39 heavy (non-hydrogen) atoms. The highest BCUT2D eigenvalue weighted by molar-refractivity contribution is 6.38. The molecule has 0 bridgehead atoms. The summed E-state index contributed by atoms with van der Waals surface area (Å²) in [4.78, 5) is 27.9. The van der Waals surface area contributed by atoms with Gasteiger partial charge in [0.1, 0.15) is 12.7 Å². The number of benzene rings is 4. The lowest BCUT2D eigenvalue weighted by Crippen LogP contribution is -2.03. The zero-order valence-electron chi connectivity index (χ0n) is 20.5. The number of anilines is 1. The summed E-state index contributed by atoms with van der Waals surface area (Å²) in [6, 6.07) is 27.0. The lowest BCUT2D eigenvalue weighted by atomic mass is 9.96. The van der Waals surface area contributed by atoms with Gasteiger partial charge in [-0.3, -0.25) is 9.59 Å². The first kappa shape index (κ1) is 24.3. The number of hydrogen-bond donors (Lipinski definition) is 2. The molecule has 0 atom stereocenters. The molecule has 0 fully saturated rings. The fourth-order valence-corrected chi connectivity index (χ4v) is 4.97. The number of carbonyl (C=O) groups is 2. The van der Waals surface area contributed by atoms with E-state index < -0.39 is 5.97 Å². The minimum absolute atomic E-state index is 0.0818. The maximum absolute atomic E-state index is 12.8. The van der Waals surface area contributed by atoms with Gasteiger partial charge in [0, 0.05) is 16.7 Å². The molecule has 0 saturated carbocycles. The zero-order chi connectivity index (χ0) is 26.9. The van der Waals surface area contributed by atoms with Crippen LogP contribution in [-0.2, 0) is 16.0 Å². The monoisotopic (exact) mass is 532 g/mol. The van der Waals surface area contributed by atoms with Gasteiger partial charge in [-0.05, 0) is 58.2 Å². The van der Waals surface area contributed by atoms with Gasteiger partial charge in [0.15, 0.2) is 0 Å². The van der Waals surface area contributed by atoms with Gasteiger partial charge >= 0.3 is 5.97 Å². The first-order valence-corrected chi connectivity index (χ1v) is 12.6. The predicted molar refractivity (Wildman–Crippen MR) is 152 cm³/mol. The molecule has 4 aromatic carbocycles. The van der Waals surface area contributed by atoms with Crippen LogP contribution in [0.5, 0.6) is 0 Å². The van der Waals surface area contributed by atoms with Crippen LogP contribution in [-0.4, -0.2) is 31.7 Å². The number of aliphatic carboxylic acids is 1. The molecule has 0 spiro atoms. The van der Waals surface area contributed by atoms with Gasteiger partial charge in [-0.25, -0.2) is 9.67 Å². The van der Waals surface area contributed by atoms with Crippen LogP contribution in [0.15, 0.2) is 97.6 Å². The summed E-state index contributed by atoms with van der Waals surface area (Å²) < 4.78 is 1.71. The second-order valence-corrected chi connectivity index (χ2v) is 9.58. The van der Waals surface area contributed by atoms with Crippen LogP contribution in [0.1, 0.15) is 16.7 Å². The van der Waals surface area contributed by atoms with Crippen molar-refractivity contribution >= 4 is 40.8 Å². The Bertz CT molecular complexity index is 1740. The summed E-state index contributed by atoms with van der Waals surface area (Å²) in [6.45, 7) is 0. The number of rotatable bonds is 6. The van der Waals surface area contributed by atoms with Crippen LogP contribution >= 0.6 is 11.6 Å². The summed E-state index contributed by atoms with van der Waals surface area (Å²) in [7, 11) is 0. The standard InChI is InChI=1S/C31H21ClN4O3/c32-28-16-29-26(27(31(39)35-29)13-19-2-1-3-20(12-19)14-30(37)38)15-25(28)23-6-4-21(5-7-23)22-8-10-24(11-9-22)36-18-33-17-34-36/h1-13,15-18H,14H2,(H,35,39)(H,37,38)/b27-13-. The van der Waals surface area contributed by atoms with Gasteiger partial charge in [-0.2, -0.15) is 5.10 Å². The molecular formula is C31H21ClN4O3. The topological polar surface area (TPSA) is 97.1 Å². The van der Waals surface area contributed by atoms with Crippen molar-refractivity contribution in [3.05, 3.63) is 119 Å². The number of halogens is 1. The molecule has 2 N–H and O–H groups in total. The molecular weight excluding hydrogens is 512 g/mol. The van der Waals surface area contributed by atoms with Crippen LogP contribution in [0, 0.1) is 0 Å². The van der Waals surface area contributed by atoms with Gasteiger partial charge in [-0.1, -0.05) is 72.3 Å². The molecule has 0 aliphatic carbocycles. The normalized spacial score (nSPS) is 13.4. The van der Waals surface area contributed by atoms with E-state index in [0.717, 1.165) is 39.1 Å². The predicted octanol–water partition coefficient (Wildman–Crippen LogP) is 6.37. The molecule has 190 valence electrons. The Morgan fingerprint density at radius 2 is 1.64 bits per heavy atom. The minimum atomic E-state index is -0.905. The van der Waals surface area contributed by atoms with Crippen molar-refractivity contribution in [2.24, 2.45) is 0 Å². The average Bonchev–Trinajstić information content (AvgIpc) is 3.57. The SMILES string of the molecule is O=C(O)Cc1cccc(/C=C2\C(=O)Nc3cc(Cl)c(-c4ccc(-c5ccc(-n6cncn6)cc5)cc4)cc32)c1. The van der Waals surface area contributed by atoms with E-state index in [0.29, 0.717) is 21.8 Å². The molecule has 1 amide bonds.